The van der Waals surface area contributed by atoms with Crippen molar-refractivity contribution in [2.24, 2.45) is 5.92 Å². The Kier molecular flexibility index (Phi) is 2.35. The van der Waals surface area contributed by atoms with E-state index in [0.717, 1.165) is 5.56 Å². The van der Waals surface area contributed by atoms with E-state index in [9.17, 15) is 4.79 Å². The summed E-state index contributed by atoms with van der Waals surface area (Å²) in [6, 6.07) is 8.05. The van der Waals surface area contributed by atoms with Crippen LogP contribution in [-0.4, -0.2) is 5.97 Å². The van der Waals surface area contributed by atoms with Gasteiger partial charge in [-0.05, 0) is 12.5 Å². The summed E-state index contributed by atoms with van der Waals surface area (Å²) < 4.78 is 5.27. The van der Waals surface area contributed by atoms with E-state index in [-0.39, 0.29) is 18.0 Å². The second-order valence-electron chi connectivity index (χ2n) is 4.05. The molecule has 1 saturated heterocycles. The summed E-state index contributed by atoms with van der Waals surface area (Å²) in [5.74, 6) is -0.201. The van der Waals surface area contributed by atoms with E-state index in [1.165, 1.54) is 5.56 Å². The lowest BCUT2D eigenvalue weighted by atomic mass is 9.94. The molecule has 2 rings (SSSR count). The molecule has 2 atom stereocenters. The molecular weight excluding hydrogens is 188 g/mol. The number of benzene rings is 1. The Morgan fingerprint density at radius 3 is 2.33 bits per heavy atom. The number of carbonyl (C=O) groups excluding carboxylic acids is 1. The van der Waals surface area contributed by atoms with Crippen LogP contribution in [0.2, 0.25) is 0 Å². The second-order valence-corrected chi connectivity index (χ2v) is 4.05. The molecule has 0 unspecified atom stereocenters. The average Bonchev–Trinajstić information content (AvgIpc) is 2.47. The van der Waals surface area contributed by atoms with E-state index in [2.05, 4.69) is 6.58 Å². The van der Waals surface area contributed by atoms with Gasteiger partial charge in [0.15, 0.2) is 0 Å². The molecule has 1 fully saturated rings. The molecule has 0 aliphatic carbocycles. The van der Waals surface area contributed by atoms with Crippen molar-refractivity contribution < 1.29 is 9.53 Å². The molecule has 0 radical (unpaired) electrons. The fourth-order valence-electron chi connectivity index (χ4n) is 1.77. The Hall–Kier alpha value is -1.57. The predicted molar refractivity (Wildman–Crippen MR) is 58.3 cm³/mol. The van der Waals surface area contributed by atoms with Crippen molar-refractivity contribution in [3.8, 4) is 0 Å². The molecule has 0 spiro atoms. The molecule has 15 heavy (non-hydrogen) atoms. The quantitative estimate of drug-likeness (QED) is 0.517. The molecule has 0 N–H and O–H groups in total. The van der Waals surface area contributed by atoms with E-state index < -0.39 is 0 Å². The minimum Gasteiger partial charge on any atom is -0.453 e. The van der Waals surface area contributed by atoms with Crippen molar-refractivity contribution >= 4 is 5.97 Å². The molecule has 1 aromatic carbocycles. The molecule has 0 aromatic heterocycles. The summed E-state index contributed by atoms with van der Waals surface area (Å²) in [7, 11) is 0. The van der Waals surface area contributed by atoms with E-state index >= 15 is 0 Å². The summed E-state index contributed by atoms with van der Waals surface area (Å²) >= 11 is 0. The number of hydrogen-bond donors (Lipinski definition) is 0. The standard InChI is InChI=1S/C13H14O2/c1-8-4-6-11(7-5-8)12-9(2)10(3)13(14)15-12/h4-7,9,12H,3H2,1-2H3/t9-,12+/m1/s1. The van der Waals surface area contributed by atoms with E-state index in [0.29, 0.717) is 5.57 Å². The van der Waals surface area contributed by atoms with Crippen molar-refractivity contribution in [1.82, 2.24) is 0 Å². The van der Waals surface area contributed by atoms with Gasteiger partial charge in [0.2, 0.25) is 0 Å². The van der Waals surface area contributed by atoms with Crippen LogP contribution < -0.4 is 0 Å². The van der Waals surface area contributed by atoms with Gasteiger partial charge in [0.1, 0.15) is 6.10 Å². The number of cyclic esters (lactones) is 1. The van der Waals surface area contributed by atoms with Crippen LogP contribution in [0.4, 0.5) is 0 Å². The van der Waals surface area contributed by atoms with Crippen molar-refractivity contribution in [2.45, 2.75) is 20.0 Å². The van der Waals surface area contributed by atoms with Crippen LogP contribution >= 0.6 is 0 Å². The summed E-state index contributed by atoms with van der Waals surface area (Å²) in [6.45, 7) is 7.74. The first kappa shape index (κ1) is 9.97. The number of carbonyl (C=O) groups is 1. The van der Waals surface area contributed by atoms with Crippen LogP contribution in [0.15, 0.2) is 36.4 Å². The van der Waals surface area contributed by atoms with Crippen molar-refractivity contribution in [3.63, 3.8) is 0 Å². The summed E-state index contributed by atoms with van der Waals surface area (Å²) in [6.07, 6.45) is -0.161. The van der Waals surface area contributed by atoms with Crippen LogP contribution in [0.5, 0.6) is 0 Å². The third-order valence-corrected chi connectivity index (χ3v) is 2.91. The van der Waals surface area contributed by atoms with Crippen LogP contribution in [0.1, 0.15) is 24.2 Å². The molecule has 1 aromatic rings. The largest absolute Gasteiger partial charge is 0.453 e. The fourth-order valence-corrected chi connectivity index (χ4v) is 1.77. The third kappa shape index (κ3) is 1.67. The number of ether oxygens (including phenoxy) is 1. The van der Waals surface area contributed by atoms with Gasteiger partial charge >= 0.3 is 5.97 Å². The normalized spacial score (nSPS) is 25.5. The van der Waals surface area contributed by atoms with Gasteiger partial charge in [-0.25, -0.2) is 4.79 Å². The second kappa shape index (κ2) is 3.54. The third-order valence-electron chi connectivity index (χ3n) is 2.91. The molecule has 0 saturated carbocycles. The Bertz CT molecular complexity index is 403. The maximum absolute atomic E-state index is 11.3. The summed E-state index contributed by atoms with van der Waals surface area (Å²) in [5, 5.41) is 0. The predicted octanol–water partition coefficient (Wildman–Crippen LogP) is 2.79. The highest BCUT2D eigenvalue weighted by Crippen LogP contribution is 2.37. The summed E-state index contributed by atoms with van der Waals surface area (Å²) in [4.78, 5) is 11.3. The van der Waals surface area contributed by atoms with Gasteiger partial charge < -0.3 is 4.74 Å². The molecule has 1 aliphatic rings. The van der Waals surface area contributed by atoms with Crippen LogP contribution in [0, 0.1) is 12.8 Å². The van der Waals surface area contributed by atoms with Crippen molar-refractivity contribution in [1.29, 1.82) is 0 Å². The molecule has 78 valence electrons. The smallest absolute Gasteiger partial charge is 0.334 e. The Balaban J connectivity index is 2.29. The molecule has 0 bridgehead atoms. The zero-order chi connectivity index (χ0) is 11.0. The average molecular weight is 202 g/mol. The van der Waals surface area contributed by atoms with Crippen LogP contribution in [-0.2, 0) is 9.53 Å². The molecule has 2 nitrogen and oxygen atoms in total. The Morgan fingerprint density at radius 2 is 1.87 bits per heavy atom. The SMILES string of the molecule is C=C1C(=O)O[C@H](c2ccc(C)cc2)[C@@H]1C. The first-order chi connectivity index (χ1) is 7.09. The van der Waals surface area contributed by atoms with E-state index in [1.807, 2.05) is 38.1 Å². The highest BCUT2D eigenvalue weighted by molar-refractivity contribution is 5.90. The minimum atomic E-state index is -0.270. The van der Waals surface area contributed by atoms with Gasteiger partial charge in [-0.1, -0.05) is 43.3 Å². The number of esters is 1. The van der Waals surface area contributed by atoms with Crippen molar-refractivity contribution in [3.05, 3.63) is 47.5 Å². The van der Waals surface area contributed by atoms with Crippen LogP contribution in [0.25, 0.3) is 0 Å². The Labute approximate surface area is 89.6 Å². The zero-order valence-corrected chi connectivity index (χ0v) is 8.99. The zero-order valence-electron chi connectivity index (χ0n) is 8.99. The first-order valence-electron chi connectivity index (χ1n) is 5.06. The van der Waals surface area contributed by atoms with E-state index in [1.54, 1.807) is 0 Å². The van der Waals surface area contributed by atoms with Gasteiger partial charge in [-0.3, -0.25) is 0 Å². The fraction of sp³-hybridized carbons (Fsp3) is 0.308. The highest BCUT2D eigenvalue weighted by Gasteiger charge is 2.36. The van der Waals surface area contributed by atoms with E-state index in [4.69, 9.17) is 4.74 Å². The number of hydrogen-bond acceptors (Lipinski definition) is 2. The summed E-state index contributed by atoms with van der Waals surface area (Å²) in [5.41, 5.74) is 2.82. The number of rotatable bonds is 1. The molecule has 1 aliphatic heterocycles. The number of aryl methyl sites for hydroxylation is 1. The lowest BCUT2D eigenvalue weighted by molar-refractivity contribution is -0.139. The highest BCUT2D eigenvalue weighted by atomic mass is 16.6. The van der Waals surface area contributed by atoms with Gasteiger partial charge in [0, 0.05) is 11.5 Å². The van der Waals surface area contributed by atoms with Crippen molar-refractivity contribution in [2.75, 3.05) is 0 Å². The topological polar surface area (TPSA) is 26.3 Å². The minimum absolute atomic E-state index is 0.0696. The molecule has 1 heterocycles. The van der Waals surface area contributed by atoms with Gasteiger partial charge in [0.25, 0.3) is 0 Å². The molecule has 0 amide bonds. The maximum atomic E-state index is 11.3. The van der Waals surface area contributed by atoms with Gasteiger partial charge in [-0.15, -0.1) is 0 Å². The molecular formula is C13H14O2. The van der Waals surface area contributed by atoms with Crippen LogP contribution in [0.3, 0.4) is 0 Å². The maximum Gasteiger partial charge on any atom is 0.334 e. The van der Waals surface area contributed by atoms with Gasteiger partial charge in [0.05, 0.1) is 0 Å². The monoisotopic (exact) mass is 202 g/mol. The first-order valence-corrected chi connectivity index (χ1v) is 5.06. The lowest BCUT2D eigenvalue weighted by Gasteiger charge is -2.13. The molecule has 2 heteroatoms. The van der Waals surface area contributed by atoms with Gasteiger partial charge in [-0.2, -0.15) is 0 Å². The Morgan fingerprint density at radius 1 is 1.27 bits per heavy atom. The lowest BCUT2D eigenvalue weighted by Crippen LogP contribution is -2.04.